The summed E-state index contributed by atoms with van der Waals surface area (Å²) in [7, 11) is 1.02. The van der Waals surface area contributed by atoms with Crippen LogP contribution in [0.5, 0.6) is 11.5 Å². The van der Waals surface area contributed by atoms with E-state index in [1.807, 2.05) is 0 Å². The Hall–Kier alpha value is -2.96. The molecule has 1 N–H and O–H groups in total. The zero-order chi connectivity index (χ0) is 18.9. The third kappa shape index (κ3) is 3.66. The summed E-state index contributed by atoms with van der Waals surface area (Å²) in [6.45, 7) is 0. The molecule has 1 unspecified atom stereocenters. The van der Waals surface area contributed by atoms with Crippen LogP contribution in [0.1, 0.15) is 16.7 Å². The summed E-state index contributed by atoms with van der Waals surface area (Å²) in [5, 5.41) is 9.51. The summed E-state index contributed by atoms with van der Waals surface area (Å²) >= 11 is 0. The van der Waals surface area contributed by atoms with Crippen LogP contribution in [0.3, 0.4) is 0 Å². The Bertz CT molecular complexity index is 871. The normalized spacial score (nSPS) is 16.3. The zero-order valence-electron chi connectivity index (χ0n) is 13.7. The van der Waals surface area contributed by atoms with E-state index in [0.717, 1.165) is 18.7 Å². The lowest BCUT2D eigenvalue weighted by atomic mass is 9.98. The highest BCUT2D eigenvalue weighted by molar-refractivity contribution is 5.96. The van der Waals surface area contributed by atoms with E-state index in [0.29, 0.717) is 17.5 Å². The minimum absolute atomic E-state index is 0.0395. The van der Waals surface area contributed by atoms with Crippen LogP contribution in [0, 0.1) is 0 Å². The quantitative estimate of drug-likeness (QED) is 0.841. The molecule has 0 amide bonds. The lowest BCUT2D eigenvalue weighted by molar-refractivity contribution is -0.187. The smallest absolute Gasteiger partial charge is 0.430 e. The Morgan fingerprint density at radius 2 is 1.92 bits per heavy atom. The van der Waals surface area contributed by atoms with E-state index in [2.05, 4.69) is 4.74 Å². The summed E-state index contributed by atoms with van der Waals surface area (Å²) in [6.07, 6.45) is -5.58. The SMILES string of the molecule is COC(=O)C1=Cc2ccc(Cc3cccc(O)c3)cc2OC1C(F)(F)F. The van der Waals surface area contributed by atoms with Crippen molar-refractivity contribution in [2.75, 3.05) is 7.11 Å². The number of ether oxygens (including phenoxy) is 2. The van der Waals surface area contributed by atoms with E-state index in [1.165, 1.54) is 12.1 Å². The molecule has 3 rings (SSSR count). The maximum Gasteiger partial charge on any atom is 0.430 e. The number of alkyl halides is 3. The molecule has 136 valence electrons. The van der Waals surface area contributed by atoms with Gasteiger partial charge in [-0.25, -0.2) is 4.79 Å². The molecule has 2 aromatic rings. The third-order valence-corrected chi connectivity index (χ3v) is 3.95. The summed E-state index contributed by atoms with van der Waals surface area (Å²) in [5.74, 6) is -0.932. The van der Waals surface area contributed by atoms with Crippen molar-refractivity contribution in [1.82, 2.24) is 0 Å². The van der Waals surface area contributed by atoms with E-state index in [4.69, 9.17) is 4.74 Å². The van der Waals surface area contributed by atoms with E-state index >= 15 is 0 Å². The van der Waals surface area contributed by atoms with Crippen molar-refractivity contribution < 1.29 is 32.5 Å². The molecule has 1 heterocycles. The van der Waals surface area contributed by atoms with E-state index in [9.17, 15) is 23.1 Å². The second-order valence-electron chi connectivity index (χ2n) is 5.85. The molecule has 0 fully saturated rings. The first kappa shape index (κ1) is 17.8. The Labute approximate surface area is 147 Å². The molecular weight excluding hydrogens is 349 g/mol. The van der Waals surface area contributed by atoms with E-state index in [-0.39, 0.29) is 11.5 Å². The van der Waals surface area contributed by atoms with Crippen LogP contribution in [-0.4, -0.2) is 30.5 Å². The number of benzene rings is 2. The van der Waals surface area contributed by atoms with Crippen molar-refractivity contribution in [2.45, 2.75) is 18.7 Å². The maximum atomic E-state index is 13.3. The number of phenols is 1. The lowest BCUT2D eigenvalue weighted by Crippen LogP contribution is -2.40. The minimum Gasteiger partial charge on any atom is -0.508 e. The first-order valence-corrected chi connectivity index (χ1v) is 7.72. The van der Waals surface area contributed by atoms with Crippen LogP contribution in [0.2, 0.25) is 0 Å². The van der Waals surface area contributed by atoms with Crippen LogP contribution in [0.15, 0.2) is 48.0 Å². The van der Waals surface area contributed by atoms with Crippen LogP contribution < -0.4 is 4.74 Å². The molecule has 7 heteroatoms. The van der Waals surface area contributed by atoms with Crippen LogP contribution in [-0.2, 0) is 16.0 Å². The van der Waals surface area contributed by atoms with Gasteiger partial charge in [0, 0.05) is 5.56 Å². The summed E-state index contributed by atoms with van der Waals surface area (Å²) in [6, 6.07) is 11.4. The summed E-state index contributed by atoms with van der Waals surface area (Å²) < 4.78 is 49.3. The molecule has 4 nitrogen and oxygen atoms in total. The summed E-state index contributed by atoms with van der Waals surface area (Å²) in [4.78, 5) is 11.7. The van der Waals surface area contributed by atoms with Crippen molar-refractivity contribution in [2.24, 2.45) is 0 Å². The average Bonchev–Trinajstić information content (AvgIpc) is 2.59. The van der Waals surface area contributed by atoms with Gasteiger partial charge in [-0.3, -0.25) is 0 Å². The fourth-order valence-electron chi connectivity index (χ4n) is 2.77. The molecule has 0 bridgehead atoms. The standard InChI is InChI=1S/C19H15F3O4/c1-25-18(24)15-10-13-6-5-12(7-11-3-2-4-14(23)8-11)9-16(13)26-17(15)19(20,21)22/h2-6,8-10,17,23H,7H2,1H3. The molecule has 0 aliphatic carbocycles. The number of halogens is 3. The highest BCUT2D eigenvalue weighted by Gasteiger charge is 2.48. The Kier molecular flexibility index (Phi) is 4.63. The van der Waals surface area contributed by atoms with Crippen molar-refractivity contribution in [3.8, 4) is 11.5 Å². The Morgan fingerprint density at radius 1 is 1.19 bits per heavy atom. The minimum atomic E-state index is -4.75. The first-order chi connectivity index (χ1) is 12.3. The van der Waals surface area contributed by atoms with Crippen molar-refractivity contribution in [3.63, 3.8) is 0 Å². The molecule has 0 saturated heterocycles. The third-order valence-electron chi connectivity index (χ3n) is 3.95. The molecule has 2 aromatic carbocycles. The average molecular weight is 364 g/mol. The molecule has 26 heavy (non-hydrogen) atoms. The van der Waals surface area contributed by atoms with Gasteiger partial charge in [0.05, 0.1) is 12.7 Å². The number of aromatic hydroxyl groups is 1. The summed E-state index contributed by atoms with van der Waals surface area (Å²) in [5.41, 5.74) is 1.29. The highest BCUT2D eigenvalue weighted by atomic mass is 19.4. The fraction of sp³-hybridized carbons (Fsp3) is 0.211. The van der Waals surface area contributed by atoms with Crippen LogP contribution in [0.4, 0.5) is 13.2 Å². The predicted octanol–water partition coefficient (Wildman–Crippen LogP) is 3.86. The number of methoxy groups -OCH3 is 1. The predicted molar refractivity (Wildman–Crippen MR) is 87.8 cm³/mol. The van der Waals surface area contributed by atoms with Crippen LogP contribution >= 0.6 is 0 Å². The van der Waals surface area contributed by atoms with Crippen molar-refractivity contribution in [1.29, 1.82) is 0 Å². The monoisotopic (exact) mass is 364 g/mol. The molecule has 1 aliphatic heterocycles. The van der Waals surface area contributed by atoms with Crippen LogP contribution in [0.25, 0.3) is 6.08 Å². The molecule has 0 radical (unpaired) electrons. The number of hydrogen-bond acceptors (Lipinski definition) is 4. The lowest BCUT2D eigenvalue weighted by Gasteiger charge is -2.28. The fourth-order valence-corrected chi connectivity index (χ4v) is 2.77. The molecule has 1 aliphatic rings. The maximum absolute atomic E-state index is 13.3. The van der Waals surface area contributed by atoms with Gasteiger partial charge >= 0.3 is 12.1 Å². The van der Waals surface area contributed by atoms with Gasteiger partial charge < -0.3 is 14.6 Å². The van der Waals surface area contributed by atoms with Crippen molar-refractivity contribution >= 4 is 12.0 Å². The van der Waals surface area contributed by atoms with Gasteiger partial charge in [-0.2, -0.15) is 13.2 Å². The van der Waals surface area contributed by atoms with Crippen molar-refractivity contribution in [3.05, 3.63) is 64.7 Å². The van der Waals surface area contributed by atoms with E-state index in [1.54, 1.807) is 30.3 Å². The Morgan fingerprint density at radius 3 is 2.58 bits per heavy atom. The number of hydrogen-bond donors (Lipinski definition) is 1. The first-order valence-electron chi connectivity index (χ1n) is 7.72. The highest BCUT2D eigenvalue weighted by Crippen LogP contribution is 2.38. The van der Waals surface area contributed by atoms with E-state index < -0.39 is 23.8 Å². The molecule has 0 saturated carbocycles. The second kappa shape index (κ2) is 6.74. The van der Waals surface area contributed by atoms with Gasteiger partial charge in [-0.05, 0) is 41.8 Å². The zero-order valence-corrected chi connectivity index (χ0v) is 13.7. The topological polar surface area (TPSA) is 55.8 Å². The Balaban J connectivity index is 1.95. The number of rotatable bonds is 3. The number of carbonyl (C=O) groups excluding carboxylic acids is 1. The number of phenolic OH excluding ortho intramolecular Hbond substituents is 1. The number of fused-ring (bicyclic) bond motifs is 1. The molecule has 0 aromatic heterocycles. The molecule has 0 spiro atoms. The van der Waals surface area contributed by atoms with Gasteiger partial charge in [-0.1, -0.05) is 24.3 Å². The number of esters is 1. The van der Waals surface area contributed by atoms with Gasteiger partial charge in [0.25, 0.3) is 0 Å². The van der Waals surface area contributed by atoms with Gasteiger partial charge in [0.2, 0.25) is 6.10 Å². The van der Waals surface area contributed by atoms with Gasteiger partial charge in [0.15, 0.2) is 0 Å². The second-order valence-corrected chi connectivity index (χ2v) is 5.85. The molecular formula is C19H15F3O4. The van der Waals surface area contributed by atoms with Gasteiger partial charge in [0.1, 0.15) is 11.5 Å². The van der Waals surface area contributed by atoms with Gasteiger partial charge in [-0.15, -0.1) is 0 Å². The number of carbonyl (C=O) groups is 1. The molecule has 1 atom stereocenters. The largest absolute Gasteiger partial charge is 0.508 e.